The van der Waals surface area contributed by atoms with E-state index in [1.54, 1.807) is 0 Å². The van der Waals surface area contributed by atoms with Crippen LogP contribution in [0.2, 0.25) is 0 Å². The lowest BCUT2D eigenvalue weighted by molar-refractivity contribution is 0.280. The summed E-state index contributed by atoms with van der Waals surface area (Å²) >= 11 is 3.40. The van der Waals surface area contributed by atoms with Crippen LogP contribution < -0.4 is 5.73 Å². The van der Waals surface area contributed by atoms with Crippen LogP contribution >= 0.6 is 15.9 Å². The van der Waals surface area contributed by atoms with E-state index in [1.165, 1.54) is 12.0 Å². The van der Waals surface area contributed by atoms with Gasteiger partial charge < -0.3 is 5.73 Å². The molecule has 0 radical (unpaired) electrons. The molecule has 0 saturated carbocycles. The van der Waals surface area contributed by atoms with Crippen molar-refractivity contribution in [2.45, 2.75) is 26.8 Å². The van der Waals surface area contributed by atoms with Crippen LogP contribution in [0, 0.1) is 0 Å². The summed E-state index contributed by atoms with van der Waals surface area (Å²) in [4.78, 5) is 2.42. The Bertz CT molecular complexity index is 312. The lowest BCUT2D eigenvalue weighted by atomic mass is 10.2. The van der Waals surface area contributed by atoms with Gasteiger partial charge in [0.05, 0.1) is 0 Å². The van der Waals surface area contributed by atoms with Crippen molar-refractivity contribution in [3.8, 4) is 0 Å². The molecule has 0 atom stereocenters. The molecule has 0 heterocycles. The standard InChI is InChI=1S/C12H19BrN2/c1-3-7-15(4-2)9-10-5-6-11(13)12(14)8-10/h5-6,8H,3-4,7,9,14H2,1-2H3. The van der Waals surface area contributed by atoms with Gasteiger partial charge in [0.1, 0.15) is 0 Å². The van der Waals surface area contributed by atoms with Crippen molar-refractivity contribution >= 4 is 21.6 Å². The van der Waals surface area contributed by atoms with Gasteiger partial charge in [0.2, 0.25) is 0 Å². The van der Waals surface area contributed by atoms with Crippen molar-refractivity contribution in [1.82, 2.24) is 4.90 Å². The molecule has 0 saturated heterocycles. The van der Waals surface area contributed by atoms with Gasteiger partial charge in [-0.25, -0.2) is 0 Å². The van der Waals surface area contributed by atoms with Gasteiger partial charge in [0, 0.05) is 16.7 Å². The van der Waals surface area contributed by atoms with Crippen LogP contribution in [0.25, 0.3) is 0 Å². The number of nitrogens with zero attached hydrogens (tertiary/aromatic N) is 1. The average Bonchev–Trinajstić information content (AvgIpc) is 2.23. The zero-order chi connectivity index (χ0) is 11.3. The van der Waals surface area contributed by atoms with Crippen molar-refractivity contribution in [3.05, 3.63) is 28.2 Å². The minimum absolute atomic E-state index is 0.819. The second-order valence-corrected chi connectivity index (χ2v) is 4.58. The van der Waals surface area contributed by atoms with E-state index < -0.39 is 0 Å². The molecule has 0 aliphatic rings. The van der Waals surface area contributed by atoms with Gasteiger partial charge in [-0.15, -0.1) is 0 Å². The number of nitrogen functional groups attached to an aromatic ring is 1. The number of anilines is 1. The zero-order valence-corrected chi connectivity index (χ0v) is 11.0. The van der Waals surface area contributed by atoms with Crippen LogP contribution in [0.3, 0.4) is 0 Å². The molecule has 15 heavy (non-hydrogen) atoms. The van der Waals surface area contributed by atoms with Crippen molar-refractivity contribution in [3.63, 3.8) is 0 Å². The summed E-state index contributed by atoms with van der Waals surface area (Å²) in [6.07, 6.45) is 1.19. The Morgan fingerprint density at radius 1 is 1.33 bits per heavy atom. The Labute approximate surface area is 101 Å². The van der Waals surface area contributed by atoms with Crippen LogP contribution in [0.1, 0.15) is 25.8 Å². The Balaban J connectivity index is 2.66. The third-order valence-corrected chi connectivity index (χ3v) is 3.18. The maximum atomic E-state index is 5.85. The molecule has 1 aromatic rings. The summed E-state index contributed by atoms with van der Waals surface area (Å²) in [5, 5.41) is 0. The van der Waals surface area contributed by atoms with Gasteiger partial charge in [0.25, 0.3) is 0 Å². The molecule has 0 aromatic heterocycles. The molecule has 3 heteroatoms. The summed E-state index contributed by atoms with van der Waals surface area (Å²) in [5.74, 6) is 0. The number of hydrogen-bond acceptors (Lipinski definition) is 2. The van der Waals surface area contributed by atoms with Crippen LogP contribution in [0.4, 0.5) is 5.69 Å². The largest absolute Gasteiger partial charge is 0.398 e. The minimum Gasteiger partial charge on any atom is -0.398 e. The second-order valence-electron chi connectivity index (χ2n) is 3.72. The maximum absolute atomic E-state index is 5.85. The number of nitrogens with two attached hydrogens (primary N) is 1. The number of rotatable bonds is 5. The summed E-state index contributed by atoms with van der Waals surface area (Å²) in [7, 11) is 0. The molecule has 0 spiro atoms. The van der Waals surface area contributed by atoms with E-state index in [0.717, 1.165) is 29.8 Å². The molecule has 0 fully saturated rings. The summed E-state index contributed by atoms with van der Waals surface area (Å²) < 4.78 is 0.977. The first-order chi connectivity index (χ1) is 7.17. The summed E-state index contributed by atoms with van der Waals surface area (Å²) in [6, 6.07) is 6.19. The Kier molecular flexibility index (Phi) is 5.12. The second kappa shape index (κ2) is 6.13. The van der Waals surface area contributed by atoms with E-state index in [0.29, 0.717) is 0 Å². The van der Waals surface area contributed by atoms with E-state index in [2.05, 4.69) is 40.7 Å². The van der Waals surface area contributed by atoms with E-state index in [9.17, 15) is 0 Å². The van der Waals surface area contributed by atoms with E-state index >= 15 is 0 Å². The molecule has 1 aromatic carbocycles. The molecular weight excluding hydrogens is 252 g/mol. The van der Waals surface area contributed by atoms with Crippen molar-refractivity contribution < 1.29 is 0 Å². The van der Waals surface area contributed by atoms with Gasteiger partial charge in [-0.05, 0) is 53.1 Å². The highest BCUT2D eigenvalue weighted by molar-refractivity contribution is 9.10. The molecule has 84 valence electrons. The minimum atomic E-state index is 0.819. The molecular formula is C12H19BrN2. The van der Waals surface area contributed by atoms with Crippen molar-refractivity contribution in [2.24, 2.45) is 0 Å². The van der Waals surface area contributed by atoms with Crippen LogP contribution in [-0.2, 0) is 6.54 Å². The molecule has 1 rings (SSSR count). The van der Waals surface area contributed by atoms with Crippen LogP contribution in [-0.4, -0.2) is 18.0 Å². The van der Waals surface area contributed by atoms with E-state index in [4.69, 9.17) is 5.73 Å². The van der Waals surface area contributed by atoms with Gasteiger partial charge in [-0.1, -0.05) is 19.9 Å². The highest BCUT2D eigenvalue weighted by Crippen LogP contribution is 2.20. The van der Waals surface area contributed by atoms with Gasteiger partial charge >= 0.3 is 0 Å². The monoisotopic (exact) mass is 270 g/mol. The quantitative estimate of drug-likeness (QED) is 0.833. The van der Waals surface area contributed by atoms with Crippen LogP contribution in [0.15, 0.2) is 22.7 Å². The lowest BCUT2D eigenvalue weighted by Gasteiger charge is -2.19. The fourth-order valence-corrected chi connectivity index (χ4v) is 1.86. The summed E-state index contributed by atoms with van der Waals surface area (Å²) in [5.41, 5.74) is 7.95. The lowest BCUT2D eigenvalue weighted by Crippen LogP contribution is -2.23. The SMILES string of the molecule is CCCN(CC)Cc1ccc(Br)c(N)c1. The van der Waals surface area contributed by atoms with Crippen molar-refractivity contribution in [1.29, 1.82) is 0 Å². The molecule has 0 aliphatic carbocycles. The molecule has 0 unspecified atom stereocenters. The highest BCUT2D eigenvalue weighted by atomic mass is 79.9. The van der Waals surface area contributed by atoms with Crippen molar-refractivity contribution in [2.75, 3.05) is 18.8 Å². The van der Waals surface area contributed by atoms with Gasteiger partial charge in [0.15, 0.2) is 0 Å². The molecule has 0 aliphatic heterocycles. The Morgan fingerprint density at radius 3 is 2.60 bits per heavy atom. The number of halogens is 1. The first kappa shape index (κ1) is 12.5. The van der Waals surface area contributed by atoms with E-state index in [1.807, 2.05) is 12.1 Å². The maximum Gasteiger partial charge on any atom is 0.0461 e. The third kappa shape index (κ3) is 3.84. The molecule has 2 N–H and O–H groups in total. The fourth-order valence-electron chi connectivity index (χ4n) is 1.61. The van der Waals surface area contributed by atoms with Gasteiger partial charge in [-0.2, -0.15) is 0 Å². The molecule has 0 bridgehead atoms. The predicted octanol–water partition coefficient (Wildman–Crippen LogP) is 3.26. The normalized spacial score (nSPS) is 10.9. The third-order valence-electron chi connectivity index (χ3n) is 2.45. The Hall–Kier alpha value is -0.540. The Morgan fingerprint density at radius 2 is 2.07 bits per heavy atom. The van der Waals surface area contributed by atoms with Gasteiger partial charge in [-0.3, -0.25) is 4.90 Å². The topological polar surface area (TPSA) is 29.3 Å². The zero-order valence-electron chi connectivity index (χ0n) is 9.46. The smallest absolute Gasteiger partial charge is 0.0461 e. The van der Waals surface area contributed by atoms with E-state index in [-0.39, 0.29) is 0 Å². The van der Waals surface area contributed by atoms with Crippen LogP contribution in [0.5, 0.6) is 0 Å². The summed E-state index contributed by atoms with van der Waals surface area (Å²) in [6.45, 7) is 7.62. The average molecular weight is 271 g/mol. The first-order valence-corrected chi connectivity index (χ1v) is 6.23. The number of hydrogen-bond donors (Lipinski definition) is 1. The molecule has 0 amide bonds. The molecule has 2 nitrogen and oxygen atoms in total. The fraction of sp³-hybridized carbons (Fsp3) is 0.500. The predicted molar refractivity (Wildman–Crippen MR) is 69.8 cm³/mol. The highest BCUT2D eigenvalue weighted by Gasteiger charge is 2.03. The number of benzene rings is 1. The first-order valence-electron chi connectivity index (χ1n) is 5.43.